The quantitative estimate of drug-likeness (QED) is 0.535. The summed E-state index contributed by atoms with van der Waals surface area (Å²) in [4.78, 5) is -0.103. The number of aliphatic hydroxyl groups is 1. The number of hydrogen-bond acceptors (Lipinski definition) is 6. The fourth-order valence-corrected chi connectivity index (χ4v) is 3.37. The molecule has 0 unspecified atom stereocenters. The predicted octanol–water partition coefficient (Wildman–Crippen LogP) is 2.08. The number of aliphatic hydroxyl groups excluding tert-OH is 1. The monoisotopic (exact) mass is 388 g/mol. The fraction of sp³-hybridized carbons (Fsp3) is 0.250. The third-order valence-corrected chi connectivity index (χ3v) is 5.22. The van der Waals surface area contributed by atoms with E-state index in [4.69, 9.17) is 4.18 Å². The number of hydrazine groups is 1. The molecule has 0 bridgehead atoms. The van der Waals surface area contributed by atoms with Crippen molar-refractivity contribution < 1.29 is 30.9 Å². The van der Waals surface area contributed by atoms with Gasteiger partial charge < -0.3 is 9.29 Å². The Morgan fingerprint density at radius 1 is 1.12 bits per heavy atom. The summed E-state index contributed by atoms with van der Waals surface area (Å²) in [7, 11) is -4.19. The lowest BCUT2D eigenvalue weighted by atomic mass is 10.0. The van der Waals surface area contributed by atoms with Crippen molar-refractivity contribution in [1.29, 1.82) is 0 Å². The molecule has 0 aliphatic carbocycles. The lowest BCUT2D eigenvalue weighted by molar-refractivity contribution is -0.165. The molecule has 1 aliphatic heterocycles. The van der Waals surface area contributed by atoms with E-state index in [1.54, 1.807) is 19.1 Å². The molecule has 0 atom stereocenters. The zero-order valence-electron chi connectivity index (χ0n) is 13.5. The second-order valence-corrected chi connectivity index (χ2v) is 7.38. The molecule has 0 radical (unpaired) electrons. The van der Waals surface area contributed by atoms with E-state index in [2.05, 4.69) is 0 Å². The zero-order chi connectivity index (χ0) is 19.2. The Hall–Kier alpha value is -2.14. The second-order valence-electron chi connectivity index (χ2n) is 5.83. The topological polar surface area (TPSA) is 107 Å². The summed E-state index contributed by atoms with van der Waals surface area (Å²) in [6.45, 7) is 1.09. The van der Waals surface area contributed by atoms with Crippen molar-refractivity contribution in [3.63, 3.8) is 0 Å². The molecule has 3 N–H and O–H groups in total. The Kier molecular flexibility index (Phi) is 4.47. The summed E-state index contributed by atoms with van der Waals surface area (Å²) < 4.78 is 69.1. The van der Waals surface area contributed by atoms with E-state index >= 15 is 0 Å². The number of alkyl halides is 3. The molecule has 2 aromatic rings. The first kappa shape index (κ1) is 18.6. The van der Waals surface area contributed by atoms with Gasteiger partial charge in [0.1, 0.15) is 10.6 Å². The number of hydrogen-bond donors (Lipinski definition) is 3. The molecule has 1 saturated heterocycles. The maximum Gasteiger partial charge on any atom is 0.426 e. The minimum atomic E-state index is -4.62. The molecular weight excluding hydrogens is 373 g/mol. The normalized spacial score (nSPS) is 16.3. The van der Waals surface area contributed by atoms with Gasteiger partial charge in [-0.2, -0.15) is 21.6 Å². The van der Waals surface area contributed by atoms with Gasteiger partial charge in [-0.25, -0.2) is 10.9 Å². The maximum absolute atomic E-state index is 13.1. The third kappa shape index (κ3) is 3.28. The summed E-state index contributed by atoms with van der Waals surface area (Å²) in [6.07, 6.45) is -4.62. The summed E-state index contributed by atoms with van der Waals surface area (Å²) in [5.41, 5.74) is 2.22. The van der Waals surface area contributed by atoms with Crippen LogP contribution in [-0.2, 0) is 22.4 Å². The highest BCUT2D eigenvalue weighted by Crippen LogP contribution is 2.43. The summed E-state index contributed by atoms with van der Waals surface area (Å²) in [6, 6.07) is 9.10. The van der Waals surface area contributed by atoms with Gasteiger partial charge in [-0.3, -0.25) is 0 Å². The van der Waals surface area contributed by atoms with Crippen LogP contribution in [0.15, 0.2) is 47.4 Å². The van der Waals surface area contributed by atoms with E-state index in [0.717, 1.165) is 23.8 Å². The van der Waals surface area contributed by atoms with Crippen molar-refractivity contribution in [2.24, 2.45) is 0 Å². The highest BCUT2D eigenvalue weighted by atomic mass is 32.2. The van der Waals surface area contributed by atoms with Gasteiger partial charge in [-0.15, -0.1) is 0 Å². The van der Waals surface area contributed by atoms with Crippen molar-refractivity contribution in [3.8, 4) is 5.75 Å². The average Bonchev–Trinajstić information content (AvgIpc) is 3.37. The Morgan fingerprint density at radius 3 is 2.23 bits per heavy atom. The molecule has 1 aliphatic rings. The number of rotatable bonds is 5. The van der Waals surface area contributed by atoms with Gasteiger partial charge in [0.2, 0.25) is 5.66 Å². The average molecular weight is 388 g/mol. The van der Waals surface area contributed by atoms with E-state index in [1.165, 1.54) is 12.1 Å². The van der Waals surface area contributed by atoms with Crippen molar-refractivity contribution in [1.82, 2.24) is 10.9 Å². The van der Waals surface area contributed by atoms with Gasteiger partial charge in [0.25, 0.3) is 0 Å². The molecule has 0 spiro atoms. The van der Waals surface area contributed by atoms with Crippen LogP contribution in [0.4, 0.5) is 13.2 Å². The molecule has 6 nitrogen and oxygen atoms in total. The standard InChI is InChI=1S/C16H15F3N2O4S/c1-10-2-5-13(6-3-10)26(23,24)25-14-7-4-12(8-11(14)9-22)15(20-21-15)16(17,18)19/h2-8,20-22H,9H2,1H3. The molecule has 0 saturated carbocycles. The number of aryl methyl sites for hydroxylation is 1. The summed E-state index contributed by atoms with van der Waals surface area (Å²) in [5, 5.41) is 9.44. The van der Waals surface area contributed by atoms with Gasteiger partial charge in [0, 0.05) is 5.56 Å². The smallest absolute Gasteiger partial charge is 0.392 e. The van der Waals surface area contributed by atoms with Gasteiger partial charge in [-0.05, 0) is 36.8 Å². The van der Waals surface area contributed by atoms with E-state index < -0.39 is 28.6 Å². The molecule has 0 aromatic heterocycles. The van der Waals surface area contributed by atoms with Crippen LogP contribution in [0.2, 0.25) is 0 Å². The van der Waals surface area contributed by atoms with Crippen molar-refractivity contribution in [3.05, 3.63) is 59.2 Å². The number of nitrogens with one attached hydrogen (secondary N) is 2. The summed E-state index contributed by atoms with van der Waals surface area (Å²) >= 11 is 0. The van der Waals surface area contributed by atoms with Gasteiger partial charge in [0.15, 0.2) is 0 Å². The Labute approximate surface area is 147 Å². The highest BCUT2D eigenvalue weighted by molar-refractivity contribution is 7.87. The van der Waals surface area contributed by atoms with Crippen molar-refractivity contribution in [2.45, 2.75) is 30.3 Å². The second kappa shape index (κ2) is 6.23. The number of halogens is 3. The molecule has 0 amide bonds. The van der Waals surface area contributed by atoms with Crippen LogP contribution in [0.25, 0.3) is 0 Å². The maximum atomic E-state index is 13.1. The van der Waals surface area contributed by atoms with Crippen LogP contribution < -0.4 is 15.0 Å². The first-order chi connectivity index (χ1) is 12.1. The Balaban J connectivity index is 1.93. The molecule has 1 heterocycles. The first-order valence-corrected chi connectivity index (χ1v) is 8.86. The van der Waals surface area contributed by atoms with Crippen LogP contribution in [0.5, 0.6) is 5.75 Å². The van der Waals surface area contributed by atoms with Crippen molar-refractivity contribution >= 4 is 10.1 Å². The van der Waals surface area contributed by atoms with Crippen LogP contribution >= 0.6 is 0 Å². The minimum Gasteiger partial charge on any atom is -0.392 e. The zero-order valence-corrected chi connectivity index (χ0v) is 14.3. The van der Waals surface area contributed by atoms with E-state index in [-0.39, 0.29) is 21.8 Å². The highest BCUT2D eigenvalue weighted by Gasteiger charge is 2.65. The third-order valence-electron chi connectivity index (χ3n) is 3.97. The number of benzene rings is 2. The molecule has 10 heteroatoms. The summed E-state index contributed by atoms with van der Waals surface area (Å²) in [5.74, 6) is -0.241. The van der Waals surface area contributed by atoms with Gasteiger partial charge >= 0.3 is 16.3 Å². The Morgan fingerprint density at radius 2 is 1.73 bits per heavy atom. The van der Waals surface area contributed by atoms with Crippen LogP contribution in [0, 0.1) is 6.92 Å². The molecule has 1 fully saturated rings. The van der Waals surface area contributed by atoms with Gasteiger partial charge in [0.05, 0.1) is 6.61 Å². The molecule has 140 valence electrons. The fourth-order valence-electron chi connectivity index (χ4n) is 2.40. The van der Waals surface area contributed by atoms with E-state index in [9.17, 15) is 26.7 Å². The molecule has 2 aromatic carbocycles. The van der Waals surface area contributed by atoms with Crippen molar-refractivity contribution in [2.75, 3.05) is 0 Å². The Bertz CT molecular complexity index is 924. The molecular formula is C16H15F3N2O4S. The SMILES string of the molecule is Cc1ccc(S(=O)(=O)Oc2ccc(C3(C(F)(F)F)NN3)cc2CO)cc1. The van der Waals surface area contributed by atoms with Crippen LogP contribution in [-0.4, -0.2) is 19.7 Å². The molecule has 26 heavy (non-hydrogen) atoms. The largest absolute Gasteiger partial charge is 0.426 e. The van der Waals surface area contributed by atoms with Gasteiger partial charge in [-0.1, -0.05) is 23.8 Å². The van der Waals surface area contributed by atoms with Crippen LogP contribution in [0.3, 0.4) is 0 Å². The van der Waals surface area contributed by atoms with E-state index in [0.29, 0.717) is 0 Å². The predicted molar refractivity (Wildman–Crippen MR) is 85.4 cm³/mol. The van der Waals surface area contributed by atoms with E-state index in [1.807, 2.05) is 10.9 Å². The lowest BCUT2D eigenvalue weighted by Gasteiger charge is -2.18. The lowest BCUT2D eigenvalue weighted by Crippen LogP contribution is -2.34. The minimum absolute atomic E-state index is 0.0858. The van der Waals surface area contributed by atoms with Crippen LogP contribution in [0.1, 0.15) is 16.7 Å². The molecule has 3 rings (SSSR count). The first-order valence-electron chi connectivity index (χ1n) is 7.45.